The van der Waals surface area contributed by atoms with Crippen molar-refractivity contribution in [3.05, 3.63) is 12.2 Å². The molecule has 1 atom stereocenters. The lowest BCUT2D eigenvalue weighted by molar-refractivity contribution is -0.374. The Bertz CT molecular complexity index is 431. The topological polar surface area (TPSA) is 46.5 Å². The summed E-state index contributed by atoms with van der Waals surface area (Å²) in [6.07, 6.45) is -15.8. The maximum atomic E-state index is 12.8. The number of aliphatic hydroxyl groups is 1. The van der Waals surface area contributed by atoms with Gasteiger partial charge in [0.25, 0.3) is 5.60 Å². The molecule has 0 amide bonds. The molecule has 0 aliphatic rings. The number of esters is 1. The van der Waals surface area contributed by atoms with Crippen LogP contribution < -0.4 is 0 Å². The standard InChI is InChI=1S/C14H20F6O3/c1-8(2)10(21)23-9(6-11(3,4)5)7-12(22,13(15,16)17)14(18,19)20/h9,22H,1,6-7H2,2-5H3. The van der Waals surface area contributed by atoms with Gasteiger partial charge in [-0.05, 0) is 18.8 Å². The van der Waals surface area contributed by atoms with Crippen LogP contribution in [0.1, 0.15) is 40.5 Å². The number of hydrogen-bond acceptors (Lipinski definition) is 3. The van der Waals surface area contributed by atoms with Crippen LogP contribution in [0.5, 0.6) is 0 Å². The molecule has 23 heavy (non-hydrogen) atoms. The van der Waals surface area contributed by atoms with Gasteiger partial charge in [-0.25, -0.2) is 4.79 Å². The third-order valence-electron chi connectivity index (χ3n) is 2.92. The first-order chi connectivity index (χ1) is 9.91. The minimum Gasteiger partial charge on any atom is -0.459 e. The zero-order chi connectivity index (χ0) is 18.9. The monoisotopic (exact) mass is 350 g/mol. The Morgan fingerprint density at radius 1 is 1.04 bits per heavy atom. The second-order valence-electron chi connectivity index (χ2n) is 6.63. The first kappa shape index (κ1) is 21.8. The Balaban J connectivity index is 5.63. The van der Waals surface area contributed by atoms with Crippen LogP contribution in [0.25, 0.3) is 0 Å². The van der Waals surface area contributed by atoms with Crippen LogP contribution in [0.2, 0.25) is 0 Å². The molecule has 0 radical (unpaired) electrons. The first-order valence-corrected chi connectivity index (χ1v) is 6.63. The van der Waals surface area contributed by atoms with E-state index in [1.807, 2.05) is 0 Å². The van der Waals surface area contributed by atoms with Crippen LogP contribution in [0.3, 0.4) is 0 Å². The van der Waals surface area contributed by atoms with Crippen LogP contribution in [-0.2, 0) is 9.53 Å². The summed E-state index contributed by atoms with van der Waals surface area (Å²) in [5.41, 5.74) is -5.88. The van der Waals surface area contributed by atoms with Crippen molar-refractivity contribution < 1.29 is 41.0 Å². The van der Waals surface area contributed by atoms with E-state index >= 15 is 0 Å². The molecule has 0 saturated heterocycles. The van der Waals surface area contributed by atoms with Gasteiger partial charge in [-0.2, -0.15) is 26.3 Å². The molecule has 1 N–H and O–H groups in total. The first-order valence-electron chi connectivity index (χ1n) is 6.63. The fourth-order valence-electron chi connectivity index (χ4n) is 1.81. The van der Waals surface area contributed by atoms with Crippen molar-refractivity contribution in [2.24, 2.45) is 5.41 Å². The average molecular weight is 350 g/mol. The number of carbonyl (C=O) groups excluding carboxylic acids is 1. The summed E-state index contributed by atoms with van der Waals surface area (Å²) < 4.78 is 81.2. The van der Waals surface area contributed by atoms with E-state index in [4.69, 9.17) is 0 Å². The van der Waals surface area contributed by atoms with Crippen molar-refractivity contribution in [2.75, 3.05) is 0 Å². The molecule has 0 aromatic rings. The van der Waals surface area contributed by atoms with E-state index in [1.54, 1.807) is 20.8 Å². The highest BCUT2D eigenvalue weighted by Crippen LogP contribution is 2.47. The van der Waals surface area contributed by atoms with Gasteiger partial charge in [0.2, 0.25) is 0 Å². The molecule has 0 heterocycles. The molecule has 0 aromatic heterocycles. The number of hydrogen-bond donors (Lipinski definition) is 1. The number of rotatable bonds is 5. The molecular formula is C14H20F6O3. The van der Waals surface area contributed by atoms with Crippen molar-refractivity contribution in [3.8, 4) is 0 Å². The molecule has 0 aliphatic heterocycles. The maximum absolute atomic E-state index is 12.8. The van der Waals surface area contributed by atoms with Gasteiger partial charge in [0.05, 0.1) is 0 Å². The van der Waals surface area contributed by atoms with E-state index in [9.17, 15) is 36.2 Å². The highest BCUT2D eigenvalue weighted by molar-refractivity contribution is 5.87. The Labute approximate surface area is 130 Å². The van der Waals surface area contributed by atoms with E-state index in [0.717, 1.165) is 0 Å². The third kappa shape index (κ3) is 6.04. The van der Waals surface area contributed by atoms with Crippen LogP contribution in [0.15, 0.2) is 12.2 Å². The van der Waals surface area contributed by atoms with Crippen molar-refractivity contribution in [1.82, 2.24) is 0 Å². The molecule has 0 aromatic carbocycles. The third-order valence-corrected chi connectivity index (χ3v) is 2.92. The Kier molecular flexibility index (Phi) is 6.34. The van der Waals surface area contributed by atoms with Gasteiger partial charge in [-0.1, -0.05) is 27.4 Å². The summed E-state index contributed by atoms with van der Waals surface area (Å²) in [5, 5.41) is 9.24. The van der Waals surface area contributed by atoms with Crippen molar-refractivity contribution in [3.63, 3.8) is 0 Å². The van der Waals surface area contributed by atoms with Crippen molar-refractivity contribution >= 4 is 5.97 Å². The van der Waals surface area contributed by atoms with E-state index in [1.165, 1.54) is 6.92 Å². The number of carbonyl (C=O) groups is 1. The fraction of sp³-hybridized carbons (Fsp3) is 0.786. The van der Waals surface area contributed by atoms with Gasteiger partial charge in [0.15, 0.2) is 0 Å². The Morgan fingerprint density at radius 3 is 1.70 bits per heavy atom. The smallest absolute Gasteiger partial charge is 0.426 e. The SMILES string of the molecule is C=C(C)C(=O)OC(CC(C)(C)C)CC(O)(C(F)(F)F)C(F)(F)F. The van der Waals surface area contributed by atoms with Crippen LogP contribution in [0.4, 0.5) is 26.3 Å². The highest BCUT2D eigenvalue weighted by Gasteiger charge is 2.71. The van der Waals surface area contributed by atoms with Crippen LogP contribution >= 0.6 is 0 Å². The Morgan fingerprint density at radius 2 is 1.43 bits per heavy atom. The molecule has 9 heteroatoms. The van der Waals surface area contributed by atoms with E-state index in [-0.39, 0.29) is 12.0 Å². The van der Waals surface area contributed by atoms with E-state index in [0.29, 0.717) is 0 Å². The summed E-state index contributed by atoms with van der Waals surface area (Å²) >= 11 is 0. The van der Waals surface area contributed by atoms with Crippen molar-refractivity contribution in [1.29, 1.82) is 0 Å². The lowest BCUT2D eigenvalue weighted by Crippen LogP contribution is -2.58. The van der Waals surface area contributed by atoms with Crippen LogP contribution in [-0.4, -0.2) is 35.1 Å². The lowest BCUT2D eigenvalue weighted by atomic mass is 9.84. The summed E-state index contributed by atoms with van der Waals surface area (Å²) in [6, 6.07) is 0. The molecule has 0 fully saturated rings. The lowest BCUT2D eigenvalue weighted by Gasteiger charge is -2.36. The molecule has 0 rings (SSSR count). The minimum absolute atomic E-state index is 0.175. The summed E-state index contributed by atoms with van der Waals surface area (Å²) in [5.74, 6) is -1.12. The van der Waals surface area contributed by atoms with Gasteiger partial charge in [-0.3, -0.25) is 0 Å². The zero-order valence-corrected chi connectivity index (χ0v) is 13.2. The zero-order valence-electron chi connectivity index (χ0n) is 13.2. The quantitative estimate of drug-likeness (QED) is 0.460. The summed E-state index contributed by atoms with van der Waals surface area (Å²) in [7, 11) is 0. The molecule has 0 saturated carbocycles. The predicted molar refractivity (Wildman–Crippen MR) is 70.4 cm³/mol. The van der Waals surface area contributed by atoms with Gasteiger partial charge in [0, 0.05) is 12.0 Å². The molecular weight excluding hydrogens is 330 g/mol. The van der Waals surface area contributed by atoms with Gasteiger partial charge >= 0.3 is 18.3 Å². The predicted octanol–water partition coefficient (Wildman–Crippen LogP) is 4.16. The summed E-state index contributed by atoms with van der Waals surface area (Å²) in [4.78, 5) is 11.5. The molecule has 3 nitrogen and oxygen atoms in total. The van der Waals surface area contributed by atoms with E-state index < -0.39 is 41.9 Å². The van der Waals surface area contributed by atoms with Gasteiger partial charge in [0.1, 0.15) is 6.10 Å². The Hall–Kier alpha value is -1.25. The average Bonchev–Trinajstić information content (AvgIpc) is 2.22. The molecule has 0 spiro atoms. The molecule has 0 aliphatic carbocycles. The summed E-state index contributed by atoms with van der Waals surface area (Å²) in [6.45, 7) is 9.07. The number of ether oxygens (including phenoxy) is 1. The fourth-order valence-corrected chi connectivity index (χ4v) is 1.81. The van der Waals surface area contributed by atoms with Crippen LogP contribution in [0, 0.1) is 5.41 Å². The second kappa shape index (κ2) is 6.70. The largest absolute Gasteiger partial charge is 0.459 e. The molecule has 0 bridgehead atoms. The number of halogens is 6. The van der Waals surface area contributed by atoms with Crippen molar-refractivity contribution in [2.45, 2.75) is 64.6 Å². The maximum Gasteiger partial charge on any atom is 0.426 e. The highest BCUT2D eigenvalue weighted by atomic mass is 19.4. The number of alkyl halides is 6. The van der Waals surface area contributed by atoms with Gasteiger partial charge < -0.3 is 9.84 Å². The van der Waals surface area contributed by atoms with E-state index in [2.05, 4.69) is 11.3 Å². The van der Waals surface area contributed by atoms with Gasteiger partial charge in [-0.15, -0.1) is 0 Å². The molecule has 136 valence electrons. The second-order valence-corrected chi connectivity index (χ2v) is 6.63. The normalized spacial score (nSPS) is 15.3. The minimum atomic E-state index is -5.96. The molecule has 1 unspecified atom stereocenters.